The Hall–Kier alpha value is -1.69. The van der Waals surface area contributed by atoms with Gasteiger partial charge in [-0.1, -0.05) is 17.8 Å². The van der Waals surface area contributed by atoms with Crippen molar-refractivity contribution in [2.75, 3.05) is 5.32 Å². The summed E-state index contributed by atoms with van der Waals surface area (Å²) < 4.78 is 0. The van der Waals surface area contributed by atoms with Crippen LogP contribution in [0.2, 0.25) is 0 Å². The Morgan fingerprint density at radius 1 is 1.26 bits per heavy atom. The average Bonchev–Trinajstić information content (AvgIpc) is 2.69. The van der Waals surface area contributed by atoms with E-state index in [2.05, 4.69) is 20.3 Å². The number of aromatic nitrogens is 3. The zero-order chi connectivity index (χ0) is 13.1. The summed E-state index contributed by atoms with van der Waals surface area (Å²) >= 11 is 1.19. The van der Waals surface area contributed by atoms with Gasteiger partial charge in [-0.15, -0.1) is 0 Å². The second-order valence-electron chi connectivity index (χ2n) is 4.74. The first-order valence-electron chi connectivity index (χ1n) is 6.56. The lowest BCUT2D eigenvalue weighted by Crippen LogP contribution is -2.09. The Morgan fingerprint density at radius 3 is 3.00 bits per heavy atom. The third-order valence-corrected chi connectivity index (χ3v) is 4.11. The molecule has 6 heteroatoms. The first-order valence-corrected chi connectivity index (χ1v) is 7.44. The van der Waals surface area contributed by atoms with Crippen LogP contribution in [0.5, 0.6) is 0 Å². The monoisotopic (exact) mass is 276 g/mol. The summed E-state index contributed by atoms with van der Waals surface area (Å²) in [4.78, 5) is 22.6. The van der Waals surface area contributed by atoms with Gasteiger partial charge in [0.1, 0.15) is 12.1 Å². The summed E-state index contributed by atoms with van der Waals surface area (Å²) in [5, 5.41) is 5.16. The van der Waals surface area contributed by atoms with Gasteiger partial charge in [0, 0.05) is 22.3 Å². The molecule has 3 rings (SSSR count). The van der Waals surface area contributed by atoms with Crippen molar-refractivity contribution in [2.45, 2.75) is 38.6 Å². The fraction of sp³-hybridized carbons (Fsp3) is 0.462. The van der Waals surface area contributed by atoms with Crippen LogP contribution in [-0.2, 0) is 19.4 Å². The van der Waals surface area contributed by atoms with Gasteiger partial charge in [-0.3, -0.25) is 4.79 Å². The van der Waals surface area contributed by atoms with Crippen molar-refractivity contribution >= 4 is 17.2 Å². The Bertz CT molecular complexity index is 619. The molecular weight excluding hydrogens is 260 g/mol. The maximum atomic E-state index is 11.1. The van der Waals surface area contributed by atoms with E-state index in [-0.39, 0.29) is 4.87 Å². The largest absolute Gasteiger partial charge is 0.364 e. The van der Waals surface area contributed by atoms with Crippen molar-refractivity contribution in [2.24, 2.45) is 0 Å². The van der Waals surface area contributed by atoms with E-state index in [0.29, 0.717) is 6.54 Å². The third kappa shape index (κ3) is 2.84. The van der Waals surface area contributed by atoms with Crippen LogP contribution in [0, 0.1) is 0 Å². The lowest BCUT2D eigenvalue weighted by atomic mass is 10.1. The molecular formula is C13H16N4OS. The molecule has 0 atom stereocenters. The molecule has 0 fully saturated rings. The predicted molar refractivity (Wildman–Crippen MR) is 75.6 cm³/mol. The smallest absolute Gasteiger partial charge is 0.304 e. The number of aryl methyl sites for hydroxylation is 1. The first-order chi connectivity index (χ1) is 9.33. The van der Waals surface area contributed by atoms with Crippen LogP contribution in [-0.4, -0.2) is 15.0 Å². The number of nitrogens with one attached hydrogen (secondary N) is 2. The second kappa shape index (κ2) is 5.52. The first kappa shape index (κ1) is 12.3. The molecule has 0 spiro atoms. The van der Waals surface area contributed by atoms with Gasteiger partial charge in [0.25, 0.3) is 0 Å². The number of hydrogen-bond donors (Lipinski definition) is 2. The molecule has 0 amide bonds. The number of aromatic amines is 1. The van der Waals surface area contributed by atoms with Crippen molar-refractivity contribution in [1.29, 1.82) is 0 Å². The highest BCUT2D eigenvalue weighted by atomic mass is 32.1. The van der Waals surface area contributed by atoms with Crippen LogP contribution in [0.4, 0.5) is 5.82 Å². The summed E-state index contributed by atoms with van der Waals surface area (Å²) in [5.41, 5.74) is 3.32. The maximum Gasteiger partial charge on any atom is 0.304 e. The van der Waals surface area contributed by atoms with Gasteiger partial charge < -0.3 is 10.3 Å². The predicted octanol–water partition coefficient (Wildman–Crippen LogP) is 2.11. The molecule has 2 heterocycles. The summed E-state index contributed by atoms with van der Waals surface area (Å²) in [6.07, 6.45) is 7.38. The molecule has 0 aliphatic heterocycles. The van der Waals surface area contributed by atoms with Gasteiger partial charge >= 0.3 is 4.87 Å². The molecule has 2 aromatic heterocycles. The number of H-pyrrole nitrogens is 1. The molecule has 1 aliphatic carbocycles. The van der Waals surface area contributed by atoms with Crippen LogP contribution in [0.1, 0.15) is 36.2 Å². The summed E-state index contributed by atoms with van der Waals surface area (Å²) in [6, 6.07) is 0. The van der Waals surface area contributed by atoms with E-state index in [1.807, 2.05) is 5.38 Å². The number of thiazole rings is 1. The number of anilines is 1. The molecule has 0 saturated heterocycles. The SMILES string of the molecule is O=c1[nH]c(CNc2ncnc3c2CCCCC3)cs1. The zero-order valence-electron chi connectivity index (χ0n) is 10.6. The summed E-state index contributed by atoms with van der Waals surface area (Å²) in [5.74, 6) is 0.916. The lowest BCUT2D eigenvalue weighted by molar-refractivity contribution is 0.708. The third-order valence-electron chi connectivity index (χ3n) is 3.39. The molecule has 2 aromatic rings. The highest BCUT2D eigenvalue weighted by molar-refractivity contribution is 7.07. The minimum absolute atomic E-state index is 0.0154. The Balaban J connectivity index is 1.79. The number of hydrogen-bond acceptors (Lipinski definition) is 5. The highest BCUT2D eigenvalue weighted by Gasteiger charge is 2.14. The van der Waals surface area contributed by atoms with E-state index in [9.17, 15) is 4.79 Å². The van der Waals surface area contributed by atoms with Gasteiger partial charge in [-0.2, -0.15) is 0 Å². The summed E-state index contributed by atoms with van der Waals surface area (Å²) in [7, 11) is 0. The van der Waals surface area contributed by atoms with Crippen LogP contribution in [0.15, 0.2) is 16.5 Å². The van der Waals surface area contributed by atoms with E-state index in [1.165, 1.54) is 41.9 Å². The molecule has 0 aromatic carbocycles. The fourth-order valence-electron chi connectivity index (χ4n) is 2.43. The van der Waals surface area contributed by atoms with Crippen LogP contribution < -0.4 is 10.2 Å². The van der Waals surface area contributed by atoms with Crippen LogP contribution >= 0.6 is 11.3 Å². The second-order valence-corrected chi connectivity index (χ2v) is 5.58. The number of nitrogens with zero attached hydrogens (tertiary/aromatic N) is 2. The van der Waals surface area contributed by atoms with E-state index in [0.717, 1.165) is 24.4 Å². The normalized spacial score (nSPS) is 14.7. The molecule has 5 nitrogen and oxygen atoms in total. The van der Waals surface area contributed by atoms with E-state index < -0.39 is 0 Å². The molecule has 0 radical (unpaired) electrons. The fourth-order valence-corrected chi connectivity index (χ4v) is 3.01. The van der Waals surface area contributed by atoms with Crippen LogP contribution in [0.3, 0.4) is 0 Å². The Labute approximate surface area is 115 Å². The van der Waals surface area contributed by atoms with E-state index in [1.54, 1.807) is 6.33 Å². The number of fused-ring (bicyclic) bond motifs is 1. The number of rotatable bonds is 3. The minimum atomic E-state index is -0.0154. The van der Waals surface area contributed by atoms with Gasteiger partial charge in [-0.05, 0) is 25.7 Å². The standard InChI is InChI=1S/C13H16N4OS/c18-13-17-9(7-19-13)6-14-12-10-4-2-1-3-5-11(10)15-8-16-12/h7-8H,1-6H2,(H,17,18)(H,14,15,16). The molecule has 2 N–H and O–H groups in total. The van der Waals surface area contributed by atoms with Crippen LogP contribution in [0.25, 0.3) is 0 Å². The molecule has 0 unspecified atom stereocenters. The summed E-state index contributed by atoms with van der Waals surface area (Å²) in [6.45, 7) is 0.599. The van der Waals surface area contributed by atoms with Gasteiger partial charge in [0.2, 0.25) is 0 Å². The van der Waals surface area contributed by atoms with E-state index >= 15 is 0 Å². The highest BCUT2D eigenvalue weighted by Crippen LogP contribution is 2.23. The van der Waals surface area contributed by atoms with Crippen molar-refractivity contribution in [1.82, 2.24) is 15.0 Å². The van der Waals surface area contributed by atoms with Gasteiger partial charge in [0.15, 0.2) is 0 Å². The Kier molecular flexibility index (Phi) is 3.59. The maximum absolute atomic E-state index is 11.1. The van der Waals surface area contributed by atoms with Gasteiger partial charge in [-0.25, -0.2) is 9.97 Å². The lowest BCUT2D eigenvalue weighted by Gasteiger charge is -2.11. The van der Waals surface area contributed by atoms with Crippen molar-refractivity contribution in [3.05, 3.63) is 38.3 Å². The Morgan fingerprint density at radius 2 is 2.16 bits per heavy atom. The molecule has 1 aliphatic rings. The zero-order valence-corrected chi connectivity index (χ0v) is 11.4. The van der Waals surface area contributed by atoms with Crippen molar-refractivity contribution in [3.63, 3.8) is 0 Å². The molecule has 100 valence electrons. The average molecular weight is 276 g/mol. The topological polar surface area (TPSA) is 70.7 Å². The quantitative estimate of drug-likeness (QED) is 0.842. The van der Waals surface area contributed by atoms with E-state index in [4.69, 9.17) is 0 Å². The van der Waals surface area contributed by atoms with Crippen molar-refractivity contribution < 1.29 is 0 Å². The molecule has 0 saturated carbocycles. The molecule has 19 heavy (non-hydrogen) atoms. The van der Waals surface area contributed by atoms with Crippen molar-refractivity contribution in [3.8, 4) is 0 Å². The minimum Gasteiger partial charge on any atom is -0.364 e. The van der Waals surface area contributed by atoms with Gasteiger partial charge in [0.05, 0.1) is 6.54 Å². The molecule has 0 bridgehead atoms.